The van der Waals surface area contributed by atoms with Gasteiger partial charge >= 0.3 is 0 Å². The van der Waals surface area contributed by atoms with Crippen LogP contribution in [0.1, 0.15) is 25.1 Å². The summed E-state index contributed by atoms with van der Waals surface area (Å²) in [5, 5.41) is 13.6. The molecule has 1 aromatic heterocycles. The van der Waals surface area contributed by atoms with E-state index in [1.54, 1.807) is 6.33 Å². The molecule has 5 nitrogen and oxygen atoms in total. The lowest BCUT2D eigenvalue weighted by atomic mass is 10.1. The van der Waals surface area contributed by atoms with Gasteiger partial charge in [-0.15, -0.1) is 0 Å². The van der Waals surface area contributed by atoms with Gasteiger partial charge < -0.3 is 10.6 Å². The topological polar surface area (TPSA) is 65.6 Å². The smallest absolute Gasteiger partial charge is 0.137 e. The number of hydrogen-bond acceptors (Lipinski definition) is 4. The van der Waals surface area contributed by atoms with Gasteiger partial charge in [0.2, 0.25) is 0 Å². The molecule has 1 saturated heterocycles. The zero-order valence-corrected chi connectivity index (χ0v) is 9.00. The van der Waals surface area contributed by atoms with Crippen LogP contribution < -0.4 is 10.6 Å². The van der Waals surface area contributed by atoms with Gasteiger partial charge in [0.05, 0.1) is 0 Å². The van der Waals surface area contributed by atoms with Crippen LogP contribution in [0, 0.1) is 0 Å². The summed E-state index contributed by atoms with van der Waals surface area (Å²) in [6.45, 7) is 3.38. The molecular weight excluding hydrogens is 190 g/mol. The van der Waals surface area contributed by atoms with Gasteiger partial charge in [0.25, 0.3) is 0 Å². The monoisotopic (exact) mass is 209 g/mol. The van der Waals surface area contributed by atoms with Gasteiger partial charge in [-0.05, 0) is 38.9 Å². The molecule has 0 bridgehead atoms. The minimum Gasteiger partial charge on any atom is -0.317 e. The van der Waals surface area contributed by atoms with Crippen LogP contribution in [0.15, 0.2) is 6.33 Å². The molecular formula is C10H19N5. The molecule has 2 heterocycles. The largest absolute Gasteiger partial charge is 0.317 e. The number of hydrogen-bond donors (Lipinski definition) is 3. The molecule has 84 valence electrons. The summed E-state index contributed by atoms with van der Waals surface area (Å²) in [5.41, 5.74) is 0. The van der Waals surface area contributed by atoms with Crippen LogP contribution >= 0.6 is 0 Å². The van der Waals surface area contributed by atoms with E-state index in [1.165, 1.54) is 12.8 Å². The van der Waals surface area contributed by atoms with Crippen molar-refractivity contribution >= 4 is 0 Å². The second-order valence-corrected chi connectivity index (χ2v) is 4.01. The fourth-order valence-electron chi connectivity index (χ4n) is 1.94. The second kappa shape index (κ2) is 5.82. The highest BCUT2D eigenvalue weighted by Crippen LogP contribution is 2.02. The fraction of sp³-hybridized carbons (Fsp3) is 0.800. The van der Waals surface area contributed by atoms with Crippen molar-refractivity contribution in [2.75, 3.05) is 19.6 Å². The number of rotatable bonds is 5. The first-order valence-electron chi connectivity index (χ1n) is 5.73. The number of aromatic nitrogens is 3. The Morgan fingerprint density at radius 3 is 3.00 bits per heavy atom. The lowest BCUT2D eigenvalue weighted by Gasteiger charge is -2.23. The third-order valence-electron chi connectivity index (χ3n) is 2.83. The molecule has 1 fully saturated rings. The zero-order chi connectivity index (χ0) is 10.3. The summed E-state index contributed by atoms with van der Waals surface area (Å²) < 4.78 is 0. The Balaban J connectivity index is 1.54. The SMILES string of the molecule is c1n[nH]c(CCCNC2CCNCC2)n1. The van der Waals surface area contributed by atoms with E-state index < -0.39 is 0 Å². The van der Waals surface area contributed by atoms with Crippen molar-refractivity contribution in [3.63, 3.8) is 0 Å². The Bertz CT molecular complexity index is 253. The number of H-pyrrole nitrogens is 1. The molecule has 1 aliphatic rings. The first-order chi connectivity index (χ1) is 7.45. The molecule has 1 aliphatic heterocycles. The first-order valence-corrected chi connectivity index (χ1v) is 5.73. The highest BCUT2D eigenvalue weighted by molar-refractivity contribution is 4.80. The Morgan fingerprint density at radius 2 is 2.27 bits per heavy atom. The number of piperidine rings is 1. The third-order valence-corrected chi connectivity index (χ3v) is 2.83. The molecule has 0 atom stereocenters. The highest BCUT2D eigenvalue weighted by Gasteiger charge is 2.11. The zero-order valence-electron chi connectivity index (χ0n) is 9.00. The summed E-state index contributed by atoms with van der Waals surface area (Å²) in [4.78, 5) is 4.10. The van der Waals surface area contributed by atoms with Crippen LogP contribution in [0.25, 0.3) is 0 Å². The molecule has 0 amide bonds. The van der Waals surface area contributed by atoms with Crippen molar-refractivity contribution < 1.29 is 0 Å². The van der Waals surface area contributed by atoms with E-state index in [9.17, 15) is 0 Å². The number of aryl methyl sites for hydroxylation is 1. The third kappa shape index (κ3) is 3.60. The normalized spacial score (nSPS) is 18.1. The Labute approximate surface area is 90.1 Å². The molecule has 0 aromatic carbocycles. The summed E-state index contributed by atoms with van der Waals surface area (Å²) >= 11 is 0. The lowest BCUT2D eigenvalue weighted by Crippen LogP contribution is -2.40. The molecule has 0 radical (unpaired) electrons. The predicted molar refractivity (Wildman–Crippen MR) is 58.6 cm³/mol. The lowest BCUT2D eigenvalue weighted by molar-refractivity contribution is 0.385. The summed E-state index contributed by atoms with van der Waals surface area (Å²) in [5.74, 6) is 0.988. The minimum absolute atomic E-state index is 0.709. The fourth-order valence-corrected chi connectivity index (χ4v) is 1.94. The minimum atomic E-state index is 0.709. The quantitative estimate of drug-likeness (QED) is 0.601. The van der Waals surface area contributed by atoms with E-state index in [4.69, 9.17) is 0 Å². The maximum absolute atomic E-state index is 4.10. The molecule has 0 spiro atoms. The van der Waals surface area contributed by atoms with Crippen LogP contribution in [-0.4, -0.2) is 40.9 Å². The average molecular weight is 209 g/mol. The van der Waals surface area contributed by atoms with Crippen molar-refractivity contribution in [1.29, 1.82) is 0 Å². The predicted octanol–water partition coefficient (Wildman–Crippen LogP) is 0.0789. The maximum Gasteiger partial charge on any atom is 0.137 e. The van der Waals surface area contributed by atoms with Crippen LogP contribution in [-0.2, 0) is 6.42 Å². The molecule has 0 unspecified atom stereocenters. The summed E-state index contributed by atoms with van der Waals surface area (Å²) in [6, 6.07) is 0.709. The van der Waals surface area contributed by atoms with Crippen LogP contribution in [0.5, 0.6) is 0 Å². The van der Waals surface area contributed by atoms with Gasteiger partial charge in [0, 0.05) is 12.5 Å². The molecule has 3 N–H and O–H groups in total. The van der Waals surface area contributed by atoms with Gasteiger partial charge in [0.1, 0.15) is 12.2 Å². The average Bonchev–Trinajstić information content (AvgIpc) is 2.79. The van der Waals surface area contributed by atoms with E-state index in [0.717, 1.165) is 38.3 Å². The Hall–Kier alpha value is -0.940. The maximum atomic E-state index is 4.10. The van der Waals surface area contributed by atoms with Crippen molar-refractivity contribution in [3.05, 3.63) is 12.2 Å². The van der Waals surface area contributed by atoms with Gasteiger partial charge in [0.15, 0.2) is 0 Å². The van der Waals surface area contributed by atoms with E-state index in [2.05, 4.69) is 25.8 Å². The molecule has 5 heteroatoms. The number of aromatic amines is 1. The number of nitrogens with one attached hydrogen (secondary N) is 3. The van der Waals surface area contributed by atoms with Gasteiger partial charge in [-0.1, -0.05) is 0 Å². The number of nitrogens with zero attached hydrogens (tertiary/aromatic N) is 2. The highest BCUT2D eigenvalue weighted by atomic mass is 15.2. The Kier molecular flexibility index (Phi) is 4.11. The van der Waals surface area contributed by atoms with Crippen LogP contribution in [0.4, 0.5) is 0 Å². The second-order valence-electron chi connectivity index (χ2n) is 4.01. The van der Waals surface area contributed by atoms with Crippen molar-refractivity contribution in [2.24, 2.45) is 0 Å². The van der Waals surface area contributed by atoms with Crippen molar-refractivity contribution in [3.8, 4) is 0 Å². The van der Waals surface area contributed by atoms with E-state index in [1.807, 2.05) is 0 Å². The van der Waals surface area contributed by atoms with Crippen LogP contribution in [0.2, 0.25) is 0 Å². The van der Waals surface area contributed by atoms with Crippen molar-refractivity contribution in [1.82, 2.24) is 25.8 Å². The van der Waals surface area contributed by atoms with Gasteiger partial charge in [-0.3, -0.25) is 5.10 Å². The Morgan fingerprint density at radius 1 is 1.40 bits per heavy atom. The summed E-state index contributed by atoms with van der Waals surface area (Å²) in [6.07, 6.45) is 6.18. The molecule has 0 aliphatic carbocycles. The van der Waals surface area contributed by atoms with Gasteiger partial charge in [-0.25, -0.2) is 4.98 Å². The van der Waals surface area contributed by atoms with E-state index in [-0.39, 0.29) is 0 Å². The standard InChI is InChI=1S/C10H19N5/c1(2-10-13-8-14-15-10)5-12-9-3-6-11-7-4-9/h8-9,11-12H,1-7H2,(H,13,14,15). The van der Waals surface area contributed by atoms with E-state index in [0.29, 0.717) is 6.04 Å². The molecule has 2 rings (SSSR count). The van der Waals surface area contributed by atoms with E-state index >= 15 is 0 Å². The summed E-state index contributed by atoms with van der Waals surface area (Å²) in [7, 11) is 0. The van der Waals surface area contributed by atoms with Crippen molar-refractivity contribution in [2.45, 2.75) is 31.7 Å². The molecule has 1 aromatic rings. The molecule has 0 saturated carbocycles. The molecule has 15 heavy (non-hydrogen) atoms. The van der Waals surface area contributed by atoms with Crippen LogP contribution in [0.3, 0.4) is 0 Å². The van der Waals surface area contributed by atoms with Gasteiger partial charge in [-0.2, -0.15) is 5.10 Å². The first kappa shape index (κ1) is 10.6.